The summed E-state index contributed by atoms with van der Waals surface area (Å²) in [5.41, 5.74) is 1.78. The Morgan fingerprint density at radius 1 is 0.643 bits per heavy atom. The molecular formula is C55H60N4O10S. The number of pyridine rings is 1. The van der Waals surface area contributed by atoms with Gasteiger partial charge in [-0.15, -0.1) is 0 Å². The van der Waals surface area contributed by atoms with E-state index in [4.69, 9.17) is 38.5 Å². The molecule has 0 saturated heterocycles. The Hall–Kier alpha value is -7.39. The predicted octanol–water partition coefficient (Wildman–Crippen LogP) is 12.0. The molecule has 6 aromatic rings. The normalized spacial score (nSPS) is 11.0. The first-order valence-corrected chi connectivity index (χ1v) is 24.6. The van der Waals surface area contributed by atoms with E-state index in [1.807, 2.05) is 35.3 Å². The summed E-state index contributed by atoms with van der Waals surface area (Å²) in [6.07, 6.45) is 16.5. The molecule has 4 aromatic carbocycles. The molecule has 0 amide bonds. The monoisotopic (exact) mass is 968 g/mol. The van der Waals surface area contributed by atoms with Gasteiger partial charge >= 0.3 is 23.9 Å². The van der Waals surface area contributed by atoms with Crippen LogP contribution in [-0.4, -0.2) is 73.0 Å². The number of unbranched alkanes of at least 4 members (excludes halogenated alkanes) is 9. The van der Waals surface area contributed by atoms with Crippen LogP contribution in [0.15, 0.2) is 128 Å². The molecule has 0 saturated carbocycles. The summed E-state index contributed by atoms with van der Waals surface area (Å²) in [4.78, 5) is 60.3. The molecule has 366 valence electrons. The highest BCUT2D eigenvalue weighted by atomic mass is 32.1. The number of aromatic nitrogens is 2. The van der Waals surface area contributed by atoms with Crippen molar-refractivity contribution in [2.75, 3.05) is 38.0 Å². The standard InChI is InChI=1S/C55H60N4O10S/c1-4-7-8-15-33-59(55-58-47-23-20-32-56-52(47)70-55)57-39-42-38-48(68-53(62)40-24-28-43(29-25-40)64-34-16-9-11-18-36-66-49(60)5-2)45-21-13-14-22-46(45)51(42)69-54(63)41-26-30-44(31-27-41)65-35-17-10-12-19-37-67-50(61)6-3/h5-6,13-14,20-32,38-39H,2-4,7-12,15-19,33-37H2,1H3/b57-39+. The largest absolute Gasteiger partial charge is 0.494 e. The van der Waals surface area contributed by atoms with E-state index in [1.165, 1.54) is 11.3 Å². The minimum absolute atomic E-state index is 0.235. The van der Waals surface area contributed by atoms with E-state index in [0.29, 0.717) is 77.1 Å². The van der Waals surface area contributed by atoms with Crippen LogP contribution in [0, 0.1) is 0 Å². The molecule has 0 aliphatic heterocycles. The number of benzene rings is 4. The number of thiazole rings is 1. The summed E-state index contributed by atoms with van der Waals surface area (Å²) in [6.45, 7) is 11.3. The lowest BCUT2D eigenvalue weighted by Gasteiger charge is -2.17. The van der Waals surface area contributed by atoms with Crippen molar-refractivity contribution in [3.63, 3.8) is 0 Å². The maximum Gasteiger partial charge on any atom is 0.343 e. The van der Waals surface area contributed by atoms with Crippen LogP contribution in [0.5, 0.6) is 23.0 Å². The molecule has 2 aromatic heterocycles. The molecular weight excluding hydrogens is 909 g/mol. The SMILES string of the molecule is C=CC(=O)OCCCCCCOc1ccc(C(=O)Oc2cc(/C=N/N(CCCCCC)c3nc4cccnc4s3)c(OC(=O)c3ccc(OCCCCCCOC(=O)C=C)cc3)c3ccccc23)cc1. The highest BCUT2D eigenvalue weighted by Crippen LogP contribution is 2.38. The molecule has 15 heteroatoms. The van der Waals surface area contributed by atoms with Gasteiger partial charge in [-0.3, -0.25) is 0 Å². The third kappa shape index (κ3) is 16.1. The van der Waals surface area contributed by atoms with Crippen LogP contribution in [0.25, 0.3) is 21.1 Å². The van der Waals surface area contributed by atoms with Gasteiger partial charge in [0.15, 0.2) is 0 Å². The van der Waals surface area contributed by atoms with Gasteiger partial charge in [0.25, 0.3) is 0 Å². The molecule has 0 radical (unpaired) electrons. The third-order valence-electron chi connectivity index (χ3n) is 10.9. The molecule has 0 aliphatic rings. The highest BCUT2D eigenvalue weighted by molar-refractivity contribution is 7.21. The van der Waals surface area contributed by atoms with E-state index < -0.39 is 23.9 Å². The molecule has 0 aliphatic carbocycles. The quantitative estimate of drug-likeness (QED) is 0.0105. The molecule has 0 N–H and O–H groups in total. The number of nitrogens with zero attached hydrogens (tertiary/aromatic N) is 4. The zero-order chi connectivity index (χ0) is 49.3. The van der Waals surface area contributed by atoms with Crippen LogP contribution in [0.1, 0.15) is 110 Å². The Kier molecular flexibility index (Phi) is 20.9. The number of anilines is 1. The number of hydrogen-bond donors (Lipinski definition) is 0. The highest BCUT2D eigenvalue weighted by Gasteiger charge is 2.21. The number of ether oxygens (including phenoxy) is 6. The van der Waals surface area contributed by atoms with Gasteiger partial charge < -0.3 is 28.4 Å². The molecule has 0 fully saturated rings. The van der Waals surface area contributed by atoms with Gasteiger partial charge in [0.2, 0.25) is 5.13 Å². The van der Waals surface area contributed by atoms with E-state index in [2.05, 4.69) is 25.1 Å². The number of hydrogen-bond acceptors (Lipinski definition) is 15. The van der Waals surface area contributed by atoms with Crippen LogP contribution >= 0.6 is 11.3 Å². The third-order valence-corrected chi connectivity index (χ3v) is 11.9. The Morgan fingerprint density at radius 2 is 1.20 bits per heavy atom. The van der Waals surface area contributed by atoms with Gasteiger partial charge in [-0.2, -0.15) is 5.10 Å². The van der Waals surface area contributed by atoms with Gasteiger partial charge in [-0.1, -0.05) is 74.9 Å². The fraction of sp³-hybridized carbons (Fsp3) is 0.327. The fourth-order valence-electron chi connectivity index (χ4n) is 7.17. The summed E-state index contributed by atoms with van der Waals surface area (Å²) >= 11 is 1.43. The van der Waals surface area contributed by atoms with Crippen molar-refractivity contribution in [1.82, 2.24) is 9.97 Å². The van der Waals surface area contributed by atoms with Crippen molar-refractivity contribution in [3.05, 3.63) is 139 Å². The summed E-state index contributed by atoms with van der Waals surface area (Å²) in [5.74, 6) is -0.313. The lowest BCUT2D eigenvalue weighted by atomic mass is 10.0. The zero-order valence-electron chi connectivity index (χ0n) is 39.7. The van der Waals surface area contributed by atoms with Crippen LogP contribution < -0.4 is 24.0 Å². The van der Waals surface area contributed by atoms with Gasteiger partial charge in [0, 0.05) is 41.2 Å². The fourth-order valence-corrected chi connectivity index (χ4v) is 8.06. The van der Waals surface area contributed by atoms with Crippen molar-refractivity contribution < 1.29 is 47.6 Å². The van der Waals surface area contributed by atoms with Crippen molar-refractivity contribution in [3.8, 4) is 23.0 Å². The van der Waals surface area contributed by atoms with Crippen molar-refractivity contribution in [2.24, 2.45) is 5.10 Å². The molecule has 0 bridgehead atoms. The van der Waals surface area contributed by atoms with E-state index in [-0.39, 0.29) is 11.5 Å². The Bertz CT molecular complexity index is 2670. The molecule has 14 nitrogen and oxygen atoms in total. The summed E-state index contributed by atoms with van der Waals surface area (Å²) in [6, 6.07) is 26.2. The second-order valence-electron chi connectivity index (χ2n) is 16.2. The Balaban J connectivity index is 1.19. The van der Waals surface area contributed by atoms with Crippen molar-refractivity contribution in [1.29, 1.82) is 0 Å². The second kappa shape index (κ2) is 28.2. The van der Waals surface area contributed by atoms with Gasteiger partial charge in [0.1, 0.15) is 33.3 Å². The first-order chi connectivity index (χ1) is 34.3. The van der Waals surface area contributed by atoms with Crippen LogP contribution in [0.2, 0.25) is 0 Å². The topological polar surface area (TPSA) is 165 Å². The van der Waals surface area contributed by atoms with Gasteiger partial charge in [-0.25, -0.2) is 34.2 Å². The predicted molar refractivity (Wildman–Crippen MR) is 273 cm³/mol. The number of rotatable bonds is 30. The van der Waals surface area contributed by atoms with Crippen molar-refractivity contribution >= 4 is 67.7 Å². The molecule has 70 heavy (non-hydrogen) atoms. The number of carbonyl (C=O) groups is 4. The number of esters is 4. The second-order valence-corrected chi connectivity index (χ2v) is 17.1. The lowest BCUT2D eigenvalue weighted by Crippen LogP contribution is -2.18. The maximum atomic E-state index is 14.0. The van der Waals surface area contributed by atoms with E-state index in [9.17, 15) is 19.2 Å². The molecule has 6 rings (SSSR count). The van der Waals surface area contributed by atoms with Crippen LogP contribution in [0.4, 0.5) is 5.13 Å². The Labute approximate surface area is 412 Å². The summed E-state index contributed by atoms with van der Waals surface area (Å²) < 4.78 is 34.3. The maximum absolute atomic E-state index is 14.0. The first-order valence-electron chi connectivity index (χ1n) is 23.8. The number of fused-ring (bicyclic) bond motifs is 2. The molecule has 0 spiro atoms. The first kappa shape index (κ1) is 52.0. The van der Waals surface area contributed by atoms with Crippen molar-refractivity contribution in [2.45, 2.75) is 84.0 Å². The smallest absolute Gasteiger partial charge is 0.343 e. The van der Waals surface area contributed by atoms with Gasteiger partial charge in [0.05, 0.1) is 43.8 Å². The number of hydrazone groups is 1. The minimum Gasteiger partial charge on any atom is -0.494 e. The minimum atomic E-state index is -0.601. The molecule has 2 heterocycles. The van der Waals surface area contributed by atoms with Gasteiger partial charge in [-0.05, 0) is 125 Å². The van der Waals surface area contributed by atoms with Crippen LogP contribution in [-0.2, 0) is 19.1 Å². The Morgan fingerprint density at radius 3 is 1.77 bits per heavy atom. The number of carbonyl (C=O) groups excluding carboxylic acids is 4. The molecule has 0 atom stereocenters. The summed E-state index contributed by atoms with van der Waals surface area (Å²) in [5, 5.41) is 8.53. The molecule has 0 unspecified atom stereocenters. The van der Waals surface area contributed by atoms with E-state index in [1.54, 1.807) is 73.1 Å². The summed E-state index contributed by atoms with van der Waals surface area (Å²) in [7, 11) is 0. The van der Waals surface area contributed by atoms with E-state index >= 15 is 0 Å². The average molecular weight is 969 g/mol. The zero-order valence-corrected chi connectivity index (χ0v) is 40.5. The van der Waals surface area contributed by atoms with Crippen LogP contribution in [0.3, 0.4) is 0 Å². The van der Waals surface area contributed by atoms with E-state index in [0.717, 1.165) is 99.5 Å². The average Bonchev–Trinajstić information content (AvgIpc) is 3.83. The lowest BCUT2D eigenvalue weighted by molar-refractivity contribution is -0.138.